The number of rotatable bonds is 4. The van der Waals surface area contributed by atoms with E-state index in [1.165, 1.54) is 0 Å². The number of hydrogen-bond donors (Lipinski definition) is 0. The lowest BCUT2D eigenvalue weighted by Crippen LogP contribution is -2.34. The van der Waals surface area contributed by atoms with Gasteiger partial charge >= 0.3 is 0 Å². The van der Waals surface area contributed by atoms with Crippen molar-refractivity contribution >= 4 is 5.78 Å². The van der Waals surface area contributed by atoms with Gasteiger partial charge in [-0.15, -0.1) is 0 Å². The fourth-order valence-electron chi connectivity index (χ4n) is 3.57. The highest BCUT2D eigenvalue weighted by molar-refractivity contribution is 6.05. The van der Waals surface area contributed by atoms with Gasteiger partial charge in [-0.3, -0.25) is 4.79 Å². The van der Waals surface area contributed by atoms with Crippen molar-refractivity contribution in [2.45, 2.75) is 26.4 Å². The third-order valence-corrected chi connectivity index (χ3v) is 5.09. The molecule has 0 unspecified atom stereocenters. The van der Waals surface area contributed by atoms with Crippen LogP contribution in [0.2, 0.25) is 0 Å². The van der Waals surface area contributed by atoms with Gasteiger partial charge in [0.05, 0.1) is 27.6 Å². The lowest BCUT2D eigenvalue weighted by atomic mass is 9.67. The molecule has 0 fully saturated rings. The Morgan fingerprint density at radius 2 is 1.72 bits per heavy atom. The topological polar surface area (TPSA) is 54.0 Å². The Hall–Kier alpha value is -2.43. The first-order chi connectivity index (χ1) is 11.9. The molecule has 1 aromatic rings. The summed E-state index contributed by atoms with van der Waals surface area (Å²) in [5.41, 5.74) is 1.58. The molecular formula is C20H24O5. The molecule has 1 aliphatic carbocycles. The van der Waals surface area contributed by atoms with Crippen LogP contribution in [0.3, 0.4) is 0 Å². The molecular weight excluding hydrogens is 320 g/mol. The molecule has 3 rings (SSSR count). The quantitative estimate of drug-likeness (QED) is 0.831. The fraction of sp³-hybridized carbons (Fsp3) is 0.450. The number of methoxy groups -OCH3 is 3. The van der Waals surface area contributed by atoms with E-state index in [-0.39, 0.29) is 23.2 Å². The second kappa shape index (κ2) is 6.47. The van der Waals surface area contributed by atoms with E-state index in [2.05, 4.69) is 13.8 Å². The van der Waals surface area contributed by atoms with Crippen LogP contribution in [-0.2, 0) is 9.53 Å². The molecule has 1 aromatic carbocycles. The third kappa shape index (κ3) is 2.99. The molecule has 1 aliphatic heterocycles. The summed E-state index contributed by atoms with van der Waals surface area (Å²) in [7, 11) is 4.76. The zero-order valence-electron chi connectivity index (χ0n) is 15.3. The molecule has 0 aromatic heterocycles. The molecule has 25 heavy (non-hydrogen) atoms. The first-order valence-electron chi connectivity index (χ1n) is 8.30. The summed E-state index contributed by atoms with van der Waals surface area (Å²) in [4.78, 5) is 12.2. The van der Waals surface area contributed by atoms with Gasteiger partial charge in [0, 0.05) is 11.5 Å². The van der Waals surface area contributed by atoms with E-state index in [1.807, 2.05) is 18.2 Å². The lowest BCUT2D eigenvalue weighted by Gasteiger charge is -2.40. The molecule has 1 heterocycles. The van der Waals surface area contributed by atoms with Crippen molar-refractivity contribution in [3.05, 3.63) is 41.7 Å². The van der Waals surface area contributed by atoms with Gasteiger partial charge in [0.1, 0.15) is 6.10 Å². The summed E-state index contributed by atoms with van der Waals surface area (Å²) < 4.78 is 22.1. The Balaban J connectivity index is 1.98. The van der Waals surface area contributed by atoms with Crippen LogP contribution in [0.4, 0.5) is 0 Å². The second-order valence-corrected chi connectivity index (χ2v) is 6.96. The highest BCUT2D eigenvalue weighted by atomic mass is 16.5. The van der Waals surface area contributed by atoms with Gasteiger partial charge in [-0.1, -0.05) is 19.9 Å². The first-order valence-corrected chi connectivity index (χ1v) is 8.30. The van der Waals surface area contributed by atoms with Gasteiger partial charge in [-0.25, -0.2) is 0 Å². The van der Waals surface area contributed by atoms with Gasteiger partial charge in [-0.05, 0) is 35.6 Å². The van der Waals surface area contributed by atoms with E-state index in [0.717, 1.165) is 11.1 Å². The van der Waals surface area contributed by atoms with Gasteiger partial charge in [-0.2, -0.15) is 0 Å². The van der Waals surface area contributed by atoms with Crippen LogP contribution in [-0.4, -0.2) is 27.1 Å². The average molecular weight is 344 g/mol. The molecule has 134 valence electrons. The summed E-state index contributed by atoms with van der Waals surface area (Å²) in [6.07, 6.45) is 5.80. The zero-order valence-corrected chi connectivity index (χ0v) is 15.3. The van der Waals surface area contributed by atoms with Crippen molar-refractivity contribution in [3.63, 3.8) is 0 Å². The molecule has 0 amide bonds. The molecule has 0 saturated heterocycles. The predicted molar refractivity (Wildman–Crippen MR) is 94.0 cm³/mol. The minimum absolute atomic E-state index is 0.0349. The summed E-state index contributed by atoms with van der Waals surface area (Å²) in [6, 6.07) is 3.80. The molecule has 2 atom stereocenters. The smallest absolute Gasteiger partial charge is 0.203 e. The number of allylic oxidation sites excluding steroid dienone is 3. The monoisotopic (exact) mass is 344 g/mol. The second-order valence-electron chi connectivity index (χ2n) is 6.96. The van der Waals surface area contributed by atoms with Crippen molar-refractivity contribution in [2.75, 3.05) is 21.3 Å². The van der Waals surface area contributed by atoms with E-state index in [1.54, 1.807) is 33.7 Å². The van der Waals surface area contributed by atoms with E-state index in [4.69, 9.17) is 18.9 Å². The van der Waals surface area contributed by atoms with Crippen molar-refractivity contribution in [2.24, 2.45) is 11.3 Å². The molecule has 5 nitrogen and oxygen atoms in total. The van der Waals surface area contributed by atoms with Gasteiger partial charge in [0.2, 0.25) is 5.75 Å². The van der Waals surface area contributed by atoms with E-state index in [9.17, 15) is 4.79 Å². The number of benzene rings is 1. The Bertz CT molecular complexity index is 719. The van der Waals surface area contributed by atoms with Crippen LogP contribution in [0.15, 0.2) is 36.1 Å². The fourth-order valence-corrected chi connectivity index (χ4v) is 3.57. The minimum Gasteiger partial charge on any atom is -0.493 e. The largest absolute Gasteiger partial charge is 0.493 e. The Morgan fingerprint density at radius 3 is 2.28 bits per heavy atom. The summed E-state index contributed by atoms with van der Waals surface area (Å²) in [5.74, 6) is 1.88. The maximum Gasteiger partial charge on any atom is 0.203 e. The van der Waals surface area contributed by atoms with Crippen LogP contribution in [0.1, 0.15) is 31.9 Å². The van der Waals surface area contributed by atoms with E-state index in [0.29, 0.717) is 23.7 Å². The maximum atomic E-state index is 12.2. The summed E-state index contributed by atoms with van der Waals surface area (Å²) in [6.45, 7) is 4.29. The molecule has 0 bridgehead atoms. The predicted octanol–water partition coefficient (Wildman–Crippen LogP) is 3.84. The number of hydrogen-bond acceptors (Lipinski definition) is 5. The van der Waals surface area contributed by atoms with Crippen molar-refractivity contribution < 1.29 is 23.7 Å². The molecule has 5 heteroatoms. The van der Waals surface area contributed by atoms with E-state index < -0.39 is 0 Å². The molecule has 2 aliphatic rings. The highest BCUT2D eigenvalue weighted by Gasteiger charge is 2.41. The number of fused-ring (bicyclic) bond motifs is 1. The Morgan fingerprint density at radius 1 is 1.08 bits per heavy atom. The van der Waals surface area contributed by atoms with Crippen LogP contribution >= 0.6 is 0 Å². The number of carbonyl (C=O) groups excluding carboxylic acids is 1. The summed E-state index contributed by atoms with van der Waals surface area (Å²) >= 11 is 0. The zero-order chi connectivity index (χ0) is 18.2. The standard InChI is InChI=1S/C20H24O5/c1-20(2)7-6-15(21)13-11-25-16(10-14(13)20)12-8-17(22-3)19(24-5)18(9-12)23-4/h6-9,11,14,16H,10H2,1-5H3/t14-,16-/m1/s1. The first kappa shape index (κ1) is 17.4. The van der Waals surface area contributed by atoms with Gasteiger partial charge < -0.3 is 18.9 Å². The van der Waals surface area contributed by atoms with Gasteiger partial charge in [0.15, 0.2) is 17.3 Å². The van der Waals surface area contributed by atoms with Crippen molar-refractivity contribution in [3.8, 4) is 17.2 Å². The molecule has 0 spiro atoms. The third-order valence-electron chi connectivity index (χ3n) is 5.09. The number of ketones is 1. The van der Waals surface area contributed by atoms with Crippen LogP contribution in [0.5, 0.6) is 17.2 Å². The molecule has 0 radical (unpaired) electrons. The number of ether oxygens (including phenoxy) is 4. The van der Waals surface area contributed by atoms with Crippen LogP contribution in [0.25, 0.3) is 0 Å². The molecule has 0 saturated carbocycles. The number of carbonyl (C=O) groups is 1. The van der Waals surface area contributed by atoms with Crippen molar-refractivity contribution in [1.29, 1.82) is 0 Å². The van der Waals surface area contributed by atoms with Crippen LogP contribution in [0, 0.1) is 11.3 Å². The normalized spacial score (nSPS) is 24.0. The lowest BCUT2D eigenvalue weighted by molar-refractivity contribution is -0.113. The Kier molecular flexibility index (Phi) is 4.50. The average Bonchev–Trinajstić information content (AvgIpc) is 2.63. The highest BCUT2D eigenvalue weighted by Crippen LogP contribution is 2.48. The maximum absolute atomic E-state index is 12.2. The van der Waals surface area contributed by atoms with E-state index >= 15 is 0 Å². The van der Waals surface area contributed by atoms with Gasteiger partial charge in [0.25, 0.3) is 0 Å². The minimum atomic E-state index is -0.180. The Labute approximate surface area is 148 Å². The van der Waals surface area contributed by atoms with Crippen LogP contribution < -0.4 is 14.2 Å². The summed E-state index contributed by atoms with van der Waals surface area (Å²) in [5, 5.41) is 0. The SMILES string of the molecule is COc1cc([C@H]2C[C@@H]3C(=CO2)C(=O)C=CC3(C)C)cc(OC)c1OC. The van der Waals surface area contributed by atoms with Crippen molar-refractivity contribution in [1.82, 2.24) is 0 Å². The molecule has 0 N–H and O–H groups in total.